The van der Waals surface area contributed by atoms with E-state index in [0.29, 0.717) is 48.4 Å². The normalized spacial score (nSPS) is 23.0. The molecule has 9 heteroatoms. The van der Waals surface area contributed by atoms with Crippen molar-refractivity contribution in [1.82, 2.24) is 24.8 Å². The van der Waals surface area contributed by atoms with E-state index < -0.39 is 11.4 Å². The molecule has 4 aromatic rings. The molecule has 3 saturated heterocycles. The van der Waals surface area contributed by atoms with Crippen molar-refractivity contribution >= 4 is 27.6 Å². The van der Waals surface area contributed by atoms with Crippen LogP contribution in [0.2, 0.25) is 0 Å². The predicted molar refractivity (Wildman–Crippen MR) is 148 cm³/mol. The lowest BCUT2D eigenvalue weighted by Gasteiger charge is -2.38. The lowest BCUT2D eigenvalue weighted by molar-refractivity contribution is 0.0447. The van der Waals surface area contributed by atoms with E-state index in [1.54, 1.807) is 12.4 Å². The summed E-state index contributed by atoms with van der Waals surface area (Å²) in [5.74, 6) is 0.0283. The number of benzene rings is 1. The number of para-hydroxylation sites is 1. The number of ether oxygens (including phenoxy) is 1. The summed E-state index contributed by atoms with van der Waals surface area (Å²) in [6.07, 6.45) is 9.39. The number of rotatable bonds is 5. The molecule has 3 aliphatic rings. The van der Waals surface area contributed by atoms with E-state index in [9.17, 15) is 5.11 Å². The molecule has 0 amide bonds. The highest BCUT2D eigenvalue weighted by Gasteiger charge is 2.45. The van der Waals surface area contributed by atoms with Crippen LogP contribution in [0.1, 0.15) is 45.4 Å². The molecule has 39 heavy (non-hydrogen) atoms. The second-order valence-corrected chi connectivity index (χ2v) is 11.6. The molecule has 1 N–H and O–H groups in total. The van der Waals surface area contributed by atoms with Gasteiger partial charge in [0.05, 0.1) is 22.0 Å². The van der Waals surface area contributed by atoms with Gasteiger partial charge in [-0.05, 0) is 64.6 Å². The van der Waals surface area contributed by atoms with Crippen LogP contribution in [0.3, 0.4) is 0 Å². The smallest absolute Gasteiger partial charge is 0.319 e. The molecule has 6 heterocycles. The summed E-state index contributed by atoms with van der Waals surface area (Å²) >= 11 is 0. The molecular weight excluding hydrogens is 495 g/mol. The van der Waals surface area contributed by atoms with E-state index in [1.165, 1.54) is 12.8 Å². The summed E-state index contributed by atoms with van der Waals surface area (Å²) in [6, 6.07) is 9.66. The molecule has 1 unspecified atom stereocenters. The molecule has 8 nitrogen and oxygen atoms in total. The number of hydrogen-bond donors (Lipinski definition) is 1. The fourth-order valence-electron chi connectivity index (χ4n) is 6.87. The van der Waals surface area contributed by atoms with Gasteiger partial charge in [-0.3, -0.25) is 14.9 Å². The van der Waals surface area contributed by atoms with Crippen molar-refractivity contribution in [3.8, 4) is 17.3 Å². The maximum atomic E-state index is 16.4. The molecule has 0 radical (unpaired) electrons. The summed E-state index contributed by atoms with van der Waals surface area (Å²) in [5, 5.41) is 12.2. The average Bonchev–Trinajstić information content (AvgIpc) is 3.52. The molecule has 0 spiro atoms. The molecule has 3 aliphatic heterocycles. The second-order valence-electron chi connectivity index (χ2n) is 11.6. The number of nitrogens with zero attached hydrogens (tertiary/aromatic N) is 6. The molecule has 1 atom stereocenters. The Labute approximate surface area is 226 Å². The van der Waals surface area contributed by atoms with Crippen LogP contribution in [0.4, 0.5) is 10.2 Å². The quantitative estimate of drug-likeness (QED) is 0.398. The first-order valence-corrected chi connectivity index (χ1v) is 14.0. The summed E-state index contributed by atoms with van der Waals surface area (Å²) < 4.78 is 22.7. The van der Waals surface area contributed by atoms with Gasteiger partial charge in [-0.2, -0.15) is 9.97 Å². The molecule has 1 aromatic carbocycles. The number of halogens is 1. The number of anilines is 1. The fourth-order valence-corrected chi connectivity index (χ4v) is 6.87. The van der Waals surface area contributed by atoms with Gasteiger partial charge >= 0.3 is 6.01 Å². The topological polar surface area (TPSA) is 87.5 Å². The summed E-state index contributed by atoms with van der Waals surface area (Å²) in [6.45, 7) is 5.61. The Kier molecular flexibility index (Phi) is 5.89. The van der Waals surface area contributed by atoms with Crippen LogP contribution >= 0.6 is 0 Å². The average molecular weight is 529 g/mol. The van der Waals surface area contributed by atoms with Crippen LogP contribution in [-0.2, 0) is 0 Å². The Morgan fingerprint density at radius 1 is 0.974 bits per heavy atom. The van der Waals surface area contributed by atoms with Crippen LogP contribution in [0.25, 0.3) is 33.1 Å². The molecule has 3 aromatic heterocycles. The zero-order valence-corrected chi connectivity index (χ0v) is 22.2. The van der Waals surface area contributed by atoms with E-state index >= 15 is 4.39 Å². The predicted octanol–water partition coefficient (Wildman–Crippen LogP) is 4.74. The number of hydrogen-bond acceptors (Lipinski definition) is 8. The Bertz CT molecular complexity index is 1540. The van der Waals surface area contributed by atoms with Crippen molar-refractivity contribution in [2.75, 3.05) is 37.7 Å². The maximum Gasteiger partial charge on any atom is 0.319 e. The van der Waals surface area contributed by atoms with Crippen molar-refractivity contribution in [1.29, 1.82) is 0 Å². The first-order valence-electron chi connectivity index (χ1n) is 14.0. The van der Waals surface area contributed by atoms with Crippen molar-refractivity contribution in [2.45, 2.75) is 56.6 Å². The third kappa shape index (κ3) is 4.28. The van der Waals surface area contributed by atoms with Crippen LogP contribution < -0.4 is 9.64 Å². The SMILES string of the molecule is CC1(O)CCCN(c2nc(OCC34CCCN3CCC4)nc3c(F)c(-c4cccc5cccnc45)ncc23)C1. The van der Waals surface area contributed by atoms with Gasteiger partial charge in [0.2, 0.25) is 0 Å². The Balaban J connectivity index is 1.34. The first kappa shape index (κ1) is 24.6. The summed E-state index contributed by atoms with van der Waals surface area (Å²) in [4.78, 5) is 23.0. The van der Waals surface area contributed by atoms with E-state index in [1.807, 2.05) is 42.2 Å². The Morgan fingerprint density at radius 2 is 1.77 bits per heavy atom. The molecular formula is C30H33FN6O2. The van der Waals surface area contributed by atoms with Gasteiger partial charge in [-0.1, -0.05) is 24.3 Å². The standard InChI is InChI=1S/C30H33FN6O2/c1-29(38)10-4-14-36(18-29)27-22-17-33-25(21-9-2-7-20-8-3-13-32-24(20)21)23(31)26(22)34-28(35-27)39-19-30-11-5-15-37(30)16-6-12-30/h2-3,7-9,13,17,38H,4-6,10-12,14-16,18-19H2,1H3. The molecule has 0 bridgehead atoms. The second kappa shape index (κ2) is 9.34. The van der Waals surface area contributed by atoms with Gasteiger partial charge in [0, 0.05) is 36.4 Å². The van der Waals surface area contributed by atoms with Crippen molar-refractivity contribution in [3.63, 3.8) is 0 Å². The van der Waals surface area contributed by atoms with Crippen molar-refractivity contribution in [3.05, 3.63) is 48.5 Å². The Hall–Kier alpha value is -3.43. The van der Waals surface area contributed by atoms with Crippen LogP contribution in [-0.4, -0.2) is 73.9 Å². The maximum absolute atomic E-state index is 16.4. The van der Waals surface area contributed by atoms with Crippen LogP contribution in [0.5, 0.6) is 6.01 Å². The van der Waals surface area contributed by atoms with E-state index in [4.69, 9.17) is 9.72 Å². The third-order valence-electron chi connectivity index (χ3n) is 8.79. The minimum Gasteiger partial charge on any atom is -0.461 e. The molecule has 202 valence electrons. The van der Waals surface area contributed by atoms with E-state index in [2.05, 4.69) is 19.9 Å². The number of aliphatic hydroxyl groups is 1. The monoisotopic (exact) mass is 528 g/mol. The first-order chi connectivity index (χ1) is 18.9. The number of aromatic nitrogens is 4. The lowest BCUT2D eigenvalue weighted by atomic mass is 9.95. The number of β-amino-alcohol motifs (C(OH)–C–C–N with tert-alkyl or cyclic N) is 1. The van der Waals surface area contributed by atoms with Gasteiger partial charge in [-0.15, -0.1) is 0 Å². The van der Waals surface area contributed by atoms with Crippen molar-refractivity contribution in [2.24, 2.45) is 0 Å². The highest BCUT2D eigenvalue weighted by atomic mass is 19.1. The number of piperidine rings is 1. The highest BCUT2D eigenvalue weighted by molar-refractivity contribution is 5.97. The molecule has 0 saturated carbocycles. The molecule has 7 rings (SSSR count). The van der Waals surface area contributed by atoms with Crippen LogP contribution in [0.15, 0.2) is 42.7 Å². The van der Waals surface area contributed by atoms with Gasteiger partial charge in [0.1, 0.15) is 23.6 Å². The number of fused-ring (bicyclic) bond motifs is 3. The molecule has 3 fully saturated rings. The van der Waals surface area contributed by atoms with Crippen molar-refractivity contribution < 1.29 is 14.2 Å². The lowest BCUT2D eigenvalue weighted by Crippen LogP contribution is -2.46. The third-order valence-corrected chi connectivity index (χ3v) is 8.79. The van der Waals surface area contributed by atoms with Gasteiger partial charge in [-0.25, -0.2) is 4.39 Å². The minimum absolute atomic E-state index is 0.0177. The fraction of sp³-hybridized carbons (Fsp3) is 0.467. The van der Waals surface area contributed by atoms with Crippen LogP contribution in [0, 0.1) is 5.82 Å². The van der Waals surface area contributed by atoms with E-state index in [0.717, 1.165) is 37.7 Å². The molecule has 0 aliphatic carbocycles. The highest BCUT2D eigenvalue weighted by Crippen LogP contribution is 2.40. The zero-order valence-electron chi connectivity index (χ0n) is 22.2. The van der Waals surface area contributed by atoms with Gasteiger partial charge < -0.3 is 14.7 Å². The van der Waals surface area contributed by atoms with Gasteiger partial charge in [0.15, 0.2) is 5.82 Å². The zero-order chi connectivity index (χ0) is 26.6. The largest absolute Gasteiger partial charge is 0.461 e. The van der Waals surface area contributed by atoms with Gasteiger partial charge in [0.25, 0.3) is 0 Å². The van der Waals surface area contributed by atoms with E-state index in [-0.39, 0.29) is 22.8 Å². The minimum atomic E-state index is -0.857. The summed E-state index contributed by atoms with van der Waals surface area (Å²) in [7, 11) is 0. The number of pyridine rings is 2. The summed E-state index contributed by atoms with van der Waals surface area (Å²) in [5.41, 5.74) is 0.830. The Morgan fingerprint density at radius 3 is 2.59 bits per heavy atom.